The van der Waals surface area contributed by atoms with Gasteiger partial charge in [0.2, 0.25) is 0 Å². The number of nitrogens with zero attached hydrogens (tertiary/aromatic N) is 1. The van der Waals surface area contributed by atoms with Gasteiger partial charge in [0, 0.05) is 18.6 Å². The summed E-state index contributed by atoms with van der Waals surface area (Å²) < 4.78 is 0. The molecule has 0 spiro atoms. The lowest BCUT2D eigenvalue weighted by atomic mass is 10.2. The lowest BCUT2D eigenvalue weighted by Gasteiger charge is -2.18. The minimum Gasteiger partial charge on any atom is -0.323 e. The van der Waals surface area contributed by atoms with Crippen LogP contribution < -0.4 is 5.32 Å². The van der Waals surface area contributed by atoms with Crippen molar-refractivity contribution in [2.24, 2.45) is 0 Å². The van der Waals surface area contributed by atoms with Crippen LogP contribution in [0.2, 0.25) is 10.0 Å². The molecular weight excluding hydrogens is 295 g/mol. The Morgan fingerprint density at radius 2 is 1.75 bits per heavy atom. The Hall–Kier alpha value is -1.71. The van der Waals surface area contributed by atoms with Crippen LogP contribution in [0.4, 0.5) is 10.5 Å². The molecule has 0 saturated heterocycles. The average Bonchev–Trinajstić information content (AvgIpc) is 2.44. The van der Waals surface area contributed by atoms with E-state index >= 15 is 0 Å². The first-order valence-electron chi connectivity index (χ1n) is 6.07. The van der Waals surface area contributed by atoms with Gasteiger partial charge in [0.15, 0.2) is 0 Å². The van der Waals surface area contributed by atoms with Crippen molar-refractivity contribution in [3.63, 3.8) is 0 Å². The third-order valence-electron chi connectivity index (χ3n) is 2.80. The molecule has 2 aromatic rings. The Labute approximate surface area is 128 Å². The van der Waals surface area contributed by atoms with Gasteiger partial charge in [-0.2, -0.15) is 0 Å². The van der Waals surface area contributed by atoms with E-state index in [0.717, 1.165) is 5.56 Å². The van der Waals surface area contributed by atoms with Gasteiger partial charge < -0.3 is 10.2 Å². The van der Waals surface area contributed by atoms with Crippen LogP contribution in [0.5, 0.6) is 0 Å². The first-order valence-corrected chi connectivity index (χ1v) is 6.83. The molecule has 0 aliphatic carbocycles. The molecule has 0 aliphatic rings. The molecule has 5 heteroatoms. The second-order valence-corrected chi connectivity index (χ2v) is 5.24. The van der Waals surface area contributed by atoms with Crippen LogP contribution in [0, 0.1) is 0 Å². The van der Waals surface area contributed by atoms with Crippen LogP contribution in [-0.2, 0) is 6.54 Å². The highest BCUT2D eigenvalue weighted by Crippen LogP contribution is 2.21. The third kappa shape index (κ3) is 3.89. The van der Waals surface area contributed by atoms with Crippen molar-refractivity contribution in [3.05, 3.63) is 64.1 Å². The van der Waals surface area contributed by atoms with Gasteiger partial charge in [-0.15, -0.1) is 0 Å². The molecule has 2 rings (SSSR count). The number of halogens is 2. The molecule has 2 aromatic carbocycles. The third-order valence-corrected chi connectivity index (χ3v) is 3.38. The Morgan fingerprint density at radius 3 is 2.40 bits per heavy atom. The minimum atomic E-state index is -0.215. The predicted octanol–water partition coefficient (Wildman–Crippen LogP) is 4.66. The van der Waals surface area contributed by atoms with E-state index in [0.29, 0.717) is 22.3 Å². The molecule has 0 heterocycles. The number of carbonyl (C=O) groups excluding carboxylic acids is 1. The average molecular weight is 309 g/mol. The molecular formula is C15H14Cl2N2O. The Balaban J connectivity index is 1.99. The molecule has 2 amide bonds. The topological polar surface area (TPSA) is 32.3 Å². The minimum absolute atomic E-state index is 0.215. The number of amides is 2. The first kappa shape index (κ1) is 14.7. The normalized spacial score (nSPS) is 10.2. The molecule has 1 N–H and O–H groups in total. The smallest absolute Gasteiger partial charge is 0.321 e. The second-order valence-electron chi connectivity index (χ2n) is 4.39. The molecule has 3 nitrogen and oxygen atoms in total. The summed E-state index contributed by atoms with van der Waals surface area (Å²) in [5.74, 6) is 0. The summed E-state index contributed by atoms with van der Waals surface area (Å²) in [6, 6.07) is 14.3. The number of rotatable bonds is 3. The lowest BCUT2D eigenvalue weighted by Crippen LogP contribution is -2.30. The van der Waals surface area contributed by atoms with Crippen LogP contribution in [0.15, 0.2) is 48.5 Å². The van der Waals surface area contributed by atoms with Gasteiger partial charge >= 0.3 is 6.03 Å². The van der Waals surface area contributed by atoms with Gasteiger partial charge in [0.1, 0.15) is 0 Å². The fourth-order valence-corrected chi connectivity index (χ4v) is 2.02. The fraction of sp³-hybridized carbons (Fsp3) is 0.133. The van der Waals surface area contributed by atoms with Crippen molar-refractivity contribution in [1.82, 2.24) is 4.90 Å². The quantitative estimate of drug-likeness (QED) is 0.879. The number of nitrogens with one attached hydrogen (secondary N) is 1. The molecule has 0 saturated carbocycles. The van der Waals surface area contributed by atoms with E-state index in [1.165, 1.54) is 0 Å². The van der Waals surface area contributed by atoms with Gasteiger partial charge in [-0.1, -0.05) is 47.5 Å². The maximum atomic E-state index is 12.1. The van der Waals surface area contributed by atoms with Crippen molar-refractivity contribution in [3.8, 4) is 0 Å². The van der Waals surface area contributed by atoms with E-state index in [2.05, 4.69) is 5.32 Å². The summed E-state index contributed by atoms with van der Waals surface area (Å²) in [5, 5.41) is 3.96. The van der Waals surface area contributed by atoms with Crippen molar-refractivity contribution in [2.75, 3.05) is 12.4 Å². The zero-order chi connectivity index (χ0) is 14.5. The summed E-state index contributed by atoms with van der Waals surface area (Å²) in [5.41, 5.74) is 1.60. The number of benzene rings is 2. The summed E-state index contributed by atoms with van der Waals surface area (Å²) in [7, 11) is 1.72. The van der Waals surface area contributed by atoms with Crippen molar-refractivity contribution >= 4 is 34.9 Å². The first-order chi connectivity index (χ1) is 9.56. The van der Waals surface area contributed by atoms with E-state index in [9.17, 15) is 4.79 Å². The molecule has 0 aliphatic heterocycles. The lowest BCUT2D eigenvalue weighted by molar-refractivity contribution is 0.220. The predicted molar refractivity (Wildman–Crippen MR) is 83.4 cm³/mol. The van der Waals surface area contributed by atoms with Gasteiger partial charge in [-0.05, 0) is 29.8 Å². The van der Waals surface area contributed by atoms with Gasteiger partial charge in [0.05, 0.1) is 10.7 Å². The second kappa shape index (κ2) is 6.64. The van der Waals surface area contributed by atoms with Gasteiger partial charge in [-0.25, -0.2) is 4.79 Å². The van der Waals surface area contributed by atoms with Crippen LogP contribution in [0.3, 0.4) is 0 Å². The van der Waals surface area contributed by atoms with Crippen molar-refractivity contribution in [2.45, 2.75) is 6.54 Å². The van der Waals surface area contributed by atoms with Crippen LogP contribution in [0.25, 0.3) is 0 Å². The molecule has 0 unspecified atom stereocenters. The van der Waals surface area contributed by atoms with Crippen molar-refractivity contribution in [1.29, 1.82) is 0 Å². The zero-order valence-corrected chi connectivity index (χ0v) is 12.4. The summed E-state index contributed by atoms with van der Waals surface area (Å²) >= 11 is 11.8. The van der Waals surface area contributed by atoms with E-state index in [1.807, 2.05) is 24.3 Å². The largest absolute Gasteiger partial charge is 0.323 e. The Kier molecular flexibility index (Phi) is 4.88. The van der Waals surface area contributed by atoms with Crippen LogP contribution in [-0.4, -0.2) is 18.0 Å². The SMILES string of the molecule is CN(Cc1ccc(Cl)cc1)C(=O)Nc1ccccc1Cl. The molecule has 0 fully saturated rings. The monoisotopic (exact) mass is 308 g/mol. The maximum absolute atomic E-state index is 12.1. The number of carbonyl (C=O) groups is 1. The van der Waals surface area contributed by atoms with Crippen molar-refractivity contribution < 1.29 is 4.79 Å². The zero-order valence-electron chi connectivity index (χ0n) is 10.9. The molecule has 0 bridgehead atoms. The standard InChI is InChI=1S/C15H14Cl2N2O/c1-19(10-11-6-8-12(16)9-7-11)15(20)18-14-5-3-2-4-13(14)17/h2-9H,10H2,1H3,(H,18,20). The van der Waals surface area contributed by atoms with E-state index < -0.39 is 0 Å². The number of para-hydroxylation sites is 1. The maximum Gasteiger partial charge on any atom is 0.321 e. The summed E-state index contributed by atoms with van der Waals surface area (Å²) in [6.07, 6.45) is 0. The number of hydrogen-bond acceptors (Lipinski definition) is 1. The molecule has 0 radical (unpaired) electrons. The Morgan fingerprint density at radius 1 is 1.10 bits per heavy atom. The number of anilines is 1. The van der Waals surface area contributed by atoms with E-state index in [-0.39, 0.29) is 6.03 Å². The molecule has 104 valence electrons. The van der Waals surface area contributed by atoms with E-state index in [1.54, 1.807) is 36.2 Å². The van der Waals surface area contributed by atoms with E-state index in [4.69, 9.17) is 23.2 Å². The summed E-state index contributed by atoms with van der Waals surface area (Å²) in [6.45, 7) is 0.494. The molecule has 20 heavy (non-hydrogen) atoms. The highest BCUT2D eigenvalue weighted by atomic mass is 35.5. The summed E-state index contributed by atoms with van der Waals surface area (Å²) in [4.78, 5) is 13.6. The highest BCUT2D eigenvalue weighted by molar-refractivity contribution is 6.33. The molecule has 0 atom stereocenters. The number of hydrogen-bond donors (Lipinski definition) is 1. The fourth-order valence-electron chi connectivity index (χ4n) is 1.71. The van der Waals surface area contributed by atoms with Crippen LogP contribution in [0.1, 0.15) is 5.56 Å². The Bertz CT molecular complexity index is 599. The number of urea groups is 1. The van der Waals surface area contributed by atoms with Crippen LogP contribution >= 0.6 is 23.2 Å². The molecule has 0 aromatic heterocycles. The highest BCUT2D eigenvalue weighted by Gasteiger charge is 2.10. The van der Waals surface area contributed by atoms with Gasteiger partial charge in [-0.3, -0.25) is 0 Å². The van der Waals surface area contributed by atoms with Gasteiger partial charge in [0.25, 0.3) is 0 Å².